The molecule has 0 fully saturated rings. The summed E-state index contributed by atoms with van der Waals surface area (Å²) in [5, 5.41) is 2.03. The second-order valence-electron chi connectivity index (χ2n) is 4.22. The normalized spacial score (nSPS) is 10.8. The first-order valence-corrected chi connectivity index (χ1v) is 6.93. The molecule has 0 unspecified atom stereocenters. The Kier molecular flexibility index (Phi) is 3.01. The van der Waals surface area contributed by atoms with Crippen molar-refractivity contribution in [3.05, 3.63) is 63.3 Å². The molecular formula is C15H10ClNOS. The standard InChI is InChI=1S/C15H10ClNOS/c16-14-6-5-13(19-14)15(18)11-7-9-3-1-2-4-10(9)8-12(11)17/h1-8H,17H2. The molecule has 0 radical (unpaired) electrons. The Morgan fingerprint density at radius 3 is 2.37 bits per heavy atom. The number of rotatable bonds is 2. The highest BCUT2D eigenvalue weighted by Crippen LogP contribution is 2.28. The Bertz CT molecular complexity index is 779. The van der Waals surface area contributed by atoms with E-state index in [0.29, 0.717) is 20.5 Å². The predicted molar refractivity (Wildman–Crippen MR) is 81.1 cm³/mol. The lowest BCUT2D eigenvalue weighted by Crippen LogP contribution is -2.03. The third-order valence-electron chi connectivity index (χ3n) is 2.96. The quantitative estimate of drug-likeness (QED) is 0.562. The maximum atomic E-state index is 12.4. The number of hydrogen-bond donors (Lipinski definition) is 1. The summed E-state index contributed by atoms with van der Waals surface area (Å²) in [6.07, 6.45) is 0. The van der Waals surface area contributed by atoms with Crippen LogP contribution in [0, 0.1) is 0 Å². The maximum Gasteiger partial charge on any atom is 0.205 e. The van der Waals surface area contributed by atoms with Gasteiger partial charge in [-0.1, -0.05) is 35.9 Å². The molecule has 0 saturated heterocycles. The van der Waals surface area contributed by atoms with Crippen molar-refractivity contribution in [3.63, 3.8) is 0 Å². The van der Waals surface area contributed by atoms with Crippen LogP contribution in [0.4, 0.5) is 5.69 Å². The zero-order valence-corrected chi connectivity index (χ0v) is 11.5. The van der Waals surface area contributed by atoms with Gasteiger partial charge in [-0.15, -0.1) is 11.3 Å². The van der Waals surface area contributed by atoms with Gasteiger partial charge >= 0.3 is 0 Å². The van der Waals surface area contributed by atoms with Crippen LogP contribution >= 0.6 is 22.9 Å². The molecule has 2 nitrogen and oxygen atoms in total. The van der Waals surface area contributed by atoms with Crippen molar-refractivity contribution in [3.8, 4) is 0 Å². The summed E-state index contributed by atoms with van der Waals surface area (Å²) in [5.41, 5.74) is 7.00. The smallest absolute Gasteiger partial charge is 0.205 e. The van der Waals surface area contributed by atoms with Gasteiger partial charge in [0.2, 0.25) is 5.78 Å². The van der Waals surface area contributed by atoms with Gasteiger partial charge in [0.05, 0.1) is 9.21 Å². The molecule has 2 aromatic carbocycles. The molecule has 19 heavy (non-hydrogen) atoms. The summed E-state index contributed by atoms with van der Waals surface area (Å²) in [4.78, 5) is 13.0. The Hall–Kier alpha value is -1.84. The number of ketones is 1. The van der Waals surface area contributed by atoms with Crippen LogP contribution in [0.15, 0.2) is 48.5 Å². The van der Waals surface area contributed by atoms with E-state index < -0.39 is 0 Å². The molecule has 0 amide bonds. The maximum absolute atomic E-state index is 12.4. The summed E-state index contributed by atoms with van der Waals surface area (Å²) >= 11 is 7.13. The minimum atomic E-state index is -0.0832. The largest absolute Gasteiger partial charge is 0.398 e. The number of anilines is 1. The molecule has 0 saturated carbocycles. The number of hydrogen-bond acceptors (Lipinski definition) is 3. The van der Waals surface area contributed by atoms with Gasteiger partial charge in [-0.3, -0.25) is 4.79 Å². The first kappa shape index (κ1) is 12.2. The monoisotopic (exact) mass is 287 g/mol. The van der Waals surface area contributed by atoms with Crippen LogP contribution in [0.25, 0.3) is 10.8 Å². The molecule has 2 N–H and O–H groups in total. The van der Waals surface area contributed by atoms with Crippen LogP contribution in [-0.2, 0) is 0 Å². The number of nitrogen functional groups attached to an aromatic ring is 1. The first-order chi connectivity index (χ1) is 9.15. The summed E-state index contributed by atoms with van der Waals surface area (Å²) in [5.74, 6) is -0.0832. The van der Waals surface area contributed by atoms with Crippen molar-refractivity contribution in [2.75, 3.05) is 5.73 Å². The minimum absolute atomic E-state index is 0.0832. The molecular weight excluding hydrogens is 278 g/mol. The number of fused-ring (bicyclic) bond motifs is 1. The summed E-state index contributed by atoms with van der Waals surface area (Å²) in [6.45, 7) is 0. The first-order valence-electron chi connectivity index (χ1n) is 5.73. The van der Waals surface area contributed by atoms with Gasteiger partial charge in [-0.25, -0.2) is 0 Å². The van der Waals surface area contributed by atoms with Gasteiger partial charge in [0, 0.05) is 11.3 Å². The van der Waals surface area contributed by atoms with Crippen LogP contribution in [0.2, 0.25) is 4.34 Å². The molecule has 0 bridgehead atoms. The number of benzene rings is 2. The van der Waals surface area contributed by atoms with Gasteiger partial charge < -0.3 is 5.73 Å². The van der Waals surface area contributed by atoms with Crippen LogP contribution in [0.3, 0.4) is 0 Å². The zero-order chi connectivity index (χ0) is 13.4. The molecule has 3 aromatic rings. The lowest BCUT2D eigenvalue weighted by molar-refractivity contribution is 0.104. The summed E-state index contributed by atoms with van der Waals surface area (Å²) in [6, 6.07) is 14.9. The molecule has 3 rings (SSSR count). The highest BCUT2D eigenvalue weighted by Gasteiger charge is 2.15. The fourth-order valence-corrected chi connectivity index (χ4v) is 3.02. The van der Waals surface area contributed by atoms with Gasteiger partial charge in [-0.2, -0.15) is 0 Å². The Labute approximate surface area is 119 Å². The Morgan fingerprint density at radius 1 is 1.05 bits per heavy atom. The van der Waals surface area contributed by atoms with E-state index in [1.54, 1.807) is 12.1 Å². The molecule has 0 spiro atoms. The highest BCUT2D eigenvalue weighted by atomic mass is 35.5. The molecule has 94 valence electrons. The summed E-state index contributed by atoms with van der Waals surface area (Å²) in [7, 11) is 0. The van der Waals surface area contributed by atoms with E-state index in [4.69, 9.17) is 17.3 Å². The van der Waals surface area contributed by atoms with Crippen LogP contribution in [0.1, 0.15) is 15.2 Å². The Balaban J connectivity index is 2.14. The molecule has 0 aliphatic rings. The second kappa shape index (κ2) is 4.68. The van der Waals surface area contributed by atoms with E-state index in [9.17, 15) is 4.79 Å². The average Bonchev–Trinajstić information content (AvgIpc) is 2.84. The van der Waals surface area contributed by atoms with Gasteiger partial charge in [-0.05, 0) is 35.0 Å². The van der Waals surface area contributed by atoms with E-state index in [2.05, 4.69) is 0 Å². The van der Waals surface area contributed by atoms with Crippen molar-refractivity contribution in [2.24, 2.45) is 0 Å². The van der Waals surface area contributed by atoms with Gasteiger partial charge in [0.15, 0.2) is 0 Å². The van der Waals surface area contributed by atoms with Crippen molar-refractivity contribution in [1.82, 2.24) is 0 Å². The third-order valence-corrected chi connectivity index (χ3v) is 4.19. The molecule has 0 aliphatic heterocycles. The summed E-state index contributed by atoms with van der Waals surface area (Å²) < 4.78 is 0.600. The minimum Gasteiger partial charge on any atom is -0.398 e. The SMILES string of the molecule is Nc1cc2ccccc2cc1C(=O)c1ccc(Cl)s1. The number of thiophene rings is 1. The average molecular weight is 288 g/mol. The zero-order valence-electron chi connectivity index (χ0n) is 9.89. The van der Waals surface area contributed by atoms with Gasteiger partial charge in [0.1, 0.15) is 0 Å². The van der Waals surface area contributed by atoms with Crippen molar-refractivity contribution >= 4 is 45.2 Å². The van der Waals surface area contributed by atoms with E-state index in [1.807, 2.05) is 36.4 Å². The Morgan fingerprint density at radius 2 is 1.74 bits per heavy atom. The van der Waals surface area contributed by atoms with Crippen molar-refractivity contribution < 1.29 is 4.79 Å². The van der Waals surface area contributed by atoms with Gasteiger partial charge in [0.25, 0.3) is 0 Å². The molecule has 1 heterocycles. The molecule has 0 atom stereocenters. The lowest BCUT2D eigenvalue weighted by atomic mass is 10.0. The second-order valence-corrected chi connectivity index (χ2v) is 5.93. The molecule has 4 heteroatoms. The number of carbonyl (C=O) groups excluding carboxylic acids is 1. The number of nitrogens with two attached hydrogens (primary N) is 1. The van der Waals surface area contributed by atoms with Crippen LogP contribution in [0.5, 0.6) is 0 Å². The highest BCUT2D eigenvalue weighted by molar-refractivity contribution is 7.18. The molecule has 1 aromatic heterocycles. The fourth-order valence-electron chi connectivity index (χ4n) is 2.02. The van der Waals surface area contributed by atoms with Crippen LogP contribution < -0.4 is 5.73 Å². The van der Waals surface area contributed by atoms with Crippen molar-refractivity contribution in [1.29, 1.82) is 0 Å². The van der Waals surface area contributed by atoms with Crippen molar-refractivity contribution in [2.45, 2.75) is 0 Å². The van der Waals surface area contributed by atoms with E-state index in [1.165, 1.54) is 11.3 Å². The van der Waals surface area contributed by atoms with E-state index >= 15 is 0 Å². The topological polar surface area (TPSA) is 43.1 Å². The number of carbonyl (C=O) groups is 1. The van der Waals surface area contributed by atoms with E-state index in [0.717, 1.165) is 10.8 Å². The molecule has 0 aliphatic carbocycles. The lowest BCUT2D eigenvalue weighted by Gasteiger charge is -2.06. The number of halogens is 1. The third kappa shape index (κ3) is 2.23. The van der Waals surface area contributed by atoms with E-state index in [-0.39, 0.29) is 5.78 Å². The van der Waals surface area contributed by atoms with Crippen LogP contribution in [-0.4, -0.2) is 5.78 Å². The fraction of sp³-hybridized carbons (Fsp3) is 0. The predicted octanol–water partition coefficient (Wildman–Crippen LogP) is 4.37.